The fraction of sp³-hybridized carbons (Fsp3) is 0.375. The lowest BCUT2D eigenvalue weighted by Crippen LogP contribution is -2.49. The minimum absolute atomic E-state index is 0.0407. The summed E-state index contributed by atoms with van der Waals surface area (Å²) in [5, 5.41) is 6.17. The molecule has 0 bridgehead atoms. The number of amides is 2. The zero-order chi connectivity index (χ0) is 16.2. The van der Waals surface area contributed by atoms with E-state index < -0.39 is 0 Å². The quantitative estimate of drug-likeness (QED) is 0.865. The van der Waals surface area contributed by atoms with Crippen LogP contribution in [0.2, 0.25) is 0 Å². The van der Waals surface area contributed by atoms with Gasteiger partial charge in [-0.3, -0.25) is 4.90 Å². The van der Waals surface area contributed by atoms with Gasteiger partial charge in [0.1, 0.15) is 0 Å². The summed E-state index contributed by atoms with van der Waals surface area (Å²) in [7, 11) is 0. The third kappa shape index (κ3) is 4.31. The van der Waals surface area contributed by atoms with Crippen molar-refractivity contribution in [3.05, 3.63) is 44.8 Å². The topological polar surface area (TPSA) is 48.5 Å². The van der Waals surface area contributed by atoms with Gasteiger partial charge in [0, 0.05) is 42.6 Å². The third-order valence-electron chi connectivity index (χ3n) is 3.83. The molecule has 0 unspecified atom stereocenters. The van der Waals surface area contributed by atoms with E-state index in [1.807, 2.05) is 36.1 Å². The van der Waals surface area contributed by atoms with Crippen LogP contribution in [0.4, 0.5) is 10.5 Å². The molecule has 1 aromatic heterocycles. The van der Waals surface area contributed by atoms with E-state index in [0.717, 1.165) is 53.6 Å². The van der Waals surface area contributed by atoms with Gasteiger partial charge >= 0.3 is 6.03 Å². The van der Waals surface area contributed by atoms with E-state index in [1.165, 1.54) is 0 Å². The van der Waals surface area contributed by atoms with E-state index in [-0.39, 0.29) is 6.03 Å². The van der Waals surface area contributed by atoms with Crippen LogP contribution in [0, 0.1) is 6.92 Å². The predicted octanol–water partition coefficient (Wildman–Crippen LogP) is 3.56. The van der Waals surface area contributed by atoms with Crippen molar-refractivity contribution in [2.24, 2.45) is 0 Å². The highest BCUT2D eigenvalue weighted by atomic mass is 79.9. The molecule has 0 atom stereocenters. The lowest BCUT2D eigenvalue weighted by atomic mass is 10.3. The lowest BCUT2D eigenvalue weighted by molar-refractivity contribution is 0.142. The number of para-hydroxylation sites is 1. The fourth-order valence-electron chi connectivity index (χ4n) is 2.58. The first-order chi connectivity index (χ1) is 11.1. The first-order valence-corrected chi connectivity index (χ1v) is 9.23. The molecular formula is C16H19BrN4OS. The van der Waals surface area contributed by atoms with E-state index >= 15 is 0 Å². The number of aromatic nitrogens is 1. The van der Waals surface area contributed by atoms with E-state index in [0.29, 0.717) is 0 Å². The van der Waals surface area contributed by atoms with Gasteiger partial charge in [0.25, 0.3) is 0 Å². The molecule has 3 rings (SSSR count). The second kappa shape index (κ2) is 7.42. The molecule has 1 aliphatic rings. The Morgan fingerprint density at radius 3 is 2.70 bits per heavy atom. The maximum absolute atomic E-state index is 12.4. The van der Waals surface area contributed by atoms with Crippen LogP contribution in [-0.4, -0.2) is 47.0 Å². The number of hydrogen-bond donors (Lipinski definition) is 1. The normalized spacial score (nSPS) is 15.7. The van der Waals surface area contributed by atoms with Crippen LogP contribution in [-0.2, 0) is 6.54 Å². The zero-order valence-corrected chi connectivity index (χ0v) is 15.4. The average molecular weight is 395 g/mol. The predicted molar refractivity (Wildman–Crippen MR) is 96.9 cm³/mol. The van der Waals surface area contributed by atoms with Gasteiger partial charge < -0.3 is 10.2 Å². The minimum atomic E-state index is -0.0407. The van der Waals surface area contributed by atoms with Crippen LogP contribution in [0.1, 0.15) is 10.7 Å². The van der Waals surface area contributed by atoms with Crippen molar-refractivity contribution in [1.82, 2.24) is 14.8 Å². The molecule has 1 saturated heterocycles. The maximum atomic E-state index is 12.4. The number of thiazole rings is 1. The summed E-state index contributed by atoms with van der Waals surface area (Å²) < 4.78 is 0.894. The van der Waals surface area contributed by atoms with Crippen LogP contribution >= 0.6 is 27.3 Å². The zero-order valence-electron chi connectivity index (χ0n) is 13.0. The Hall–Kier alpha value is -1.44. The van der Waals surface area contributed by atoms with Crippen LogP contribution in [0.5, 0.6) is 0 Å². The highest BCUT2D eigenvalue weighted by Crippen LogP contribution is 2.21. The van der Waals surface area contributed by atoms with E-state index in [4.69, 9.17) is 0 Å². The monoisotopic (exact) mass is 394 g/mol. The third-order valence-corrected chi connectivity index (χ3v) is 5.34. The van der Waals surface area contributed by atoms with Crippen molar-refractivity contribution in [3.63, 3.8) is 0 Å². The average Bonchev–Trinajstić information content (AvgIpc) is 2.95. The number of aryl methyl sites for hydroxylation is 1. The molecule has 0 saturated carbocycles. The standard InChI is InChI=1S/C16H19BrN4OS/c1-12-18-13(11-23-12)10-20-6-8-21(9-7-20)16(22)19-15-5-3-2-4-14(15)17/h2-5,11H,6-10H2,1H3,(H,19,22). The number of hydrogen-bond acceptors (Lipinski definition) is 4. The summed E-state index contributed by atoms with van der Waals surface area (Å²) in [6, 6.07) is 7.61. The number of piperazine rings is 1. The van der Waals surface area contributed by atoms with Gasteiger partial charge in [-0.1, -0.05) is 12.1 Å². The smallest absolute Gasteiger partial charge is 0.321 e. The van der Waals surface area contributed by atoms with Crippen LogP contribution < -0.4 is 5.32 Å². The largest absolute Gasteiger partial charge is 0.322 e. The minimum Gasteiger partial charge on any atom is -0.322 e. The molecule has 0 spiro atoms. The Kier molecular flexibility index (Phi) is 5.30. The number of nitrogens with one attached hydrogen (secondary N) is 1. The van der Waals surface area contributed by atoms with Crippen molar-refractivity contribution in [2.45, 2.75) is 13.5 Å². The number of nitrogens with zero attached hydrogens (tertiary/aromatic N) is 3. The summed E-state index contributed by atoms with van der Waals surface area (Å²) >= 11 is 5.13. The van der Waals surface area contributed by atoms with Crippen LogP contribution in [0.25, 0.3) is 0 Å². The molecule has 7 heteroatoms. The van der Waals surface area contributed by atoms with Gasteiger partial charge in [0.15, 0.2) is 0 Å². The molecule has 2 aromatic rings. The second-order valence-electron chi connectivity index (χ2n) is 5.53. The number of carbonyl (C=O) groups is 1. The van der Waals surface area contributed by atoms with Crippen molar-refractivity contribution >= 4 is 39.0 Å². The number of urea groups is 1. The SMILES string of the molecule is Cc1nc(CN2CCN(C(=O)Nc3ccccc3Br)CC2)cs1. The molecule has 5 nitrogen and oxygen atoms in total. The Bertz CT molecular complexity index is 682. The van der Waals surface area contributed by atoms with Gasteiger partial charge in [0.05, 0.1) is 16.4 Å². The number of anilines is 1. The molecule has 2 amide bonds. The molecule has 0 aliphatic carbocycles. The molecular weight excluding hydrogens is 376 g/mol. The first-order valence-electron chi connectivity index (χ1n) is 7.55. The number of benzene rings is 1. The molecule has 0 radical (unpaired) electrons. The Morgan fingerprint density at radius 1 is 1.30 bits per heavy atom. The van der Waals surface area contributed by atoms with E-state index in [2.05, 4.69) is 36.5 Å². The summed E-state index contributed by atoms with van der Waals surface area (Å²) in [4.78, 5) is 21.1. The first kappa shape index (κ1) is 16.4. The maximum Gasteiger partial charge on any atom is 0.321 e. The number of rotatable bonds is 3. The van der Waals surface area contributed by atoms with Crippen molar-refractivity contribution in [2.75, 3.05) is 31.5 Å². The summed E-state index contributed by atoms with van der Waals surface area (Å²) in [6.07, 6.45) is 0. The van der Waals surface area contributed by atoms with Gasteiger partial charge in [-0.25, -0.2) is 9.78 Å². The molecule has 2 heterocycles. The van der Waals surface area contributed by atoms with Gasteiger partial charge in [-0.15, -0.1) is 11.3 Å². The lowest BCUT2D eigenvalue weighted by Gasteiger charge is -2.34. The molecule has 23 heavy (non-hydrogen) atoms. The summed E-state index contributed by atoms with van der Waals surface area (Å²) in [5.41, 5.74) is 1.93. The molecule has 1 N–H and O–H groups in total. The van der Waals surface area contributed by atoms with Crippen molar-refractivity contribution < 1.29 is 4.79 Å². The highest BCUT2D eigenvalue weighted by Gasteiger charge is 2.22. The number of carbonyl (C=O) groups excluding carboxylic acids is 1. The Balaban J connectivity index is 1.50. The summed E-state index contributed by atoms with van der Waals surface area (Å²) in [5.74, 6) is 0. The van der Waals surface area contributed by atoms with Gasteiger partial charge in [0.2, 0.25) is 0 Å². The van der Waals surface area contributed by atoms with Crippen molar-refractivity contribution in [1.29, 1.82) is 0 Å². The molecule has 1 aliphatic heterocycles. The second-order valence-corrected chi connectivity index (χ2v) is 7.45. The fourth-order valence-corrected chi connectivity index (χ4v) is 3.56. The Morgan fingerprint density at radius 2 is 2.04 bits per heavy atom. The van der Waals surface area contributed by atoms with Gasteiger partial charge in [-0.05, 0) is 35.0 Å². The molecule has 1 fully saturated rings. The summed E-state index contributed by atoms with van der Waals surface area (Å²) in [6.45, 7) is 6.11. The molecule has 1 aromatic carbocycles. The highest BCUT2D eigenvalue weighted by molar-refractivity contribution is 9.10. The van der Waals surface area contributed by atoms with Crippen LogP contribution in [0.15, 0.2) is 34.1 Å². The molecule has 122 valence electrons. The van der Waals surface area contributed by atoms with E-state index in [9.17, 15) is 4.79 Å². The Labute approximate surface area is 148 Å². The van der Waals surface area contributed by atoms with Crippen LogP contribution in [0.3, 0.4) is 0 Å². The number of halogens is 1. The van der Waals surface area contributed by atoms with Gasteiger partial charge in [-0.2, -0.15) is 0 Å². The van der Waals surface area contributed by atoms with Crippen molar-refractivity contribution in [3.8, 4) is 0 Å². The van der Waals surface area contributed by atoms with E-state index in [1.54, 1.807) is 11.3 Å².